The fourth-order valence-corrected chi connectivity index (χ4v) is 5.52. The van der Waals surface area contributed by atoms with Crippen LogP contribution < -0.4 is 14.3 Å². The van der Waals surface area contributed by atoms with Gasteiger partial charge in [-0.15, -0.1) is 0 Å². The Kier molecular flexibility index (Phi) is 8.79. The van der Waals surface area contributed by atoms with Crippen LogP contribution in [0.1, 0.15) is 5.56 Å². The van der Waals surface area contributed by atoms with Gasteiger partial charge in [-0.25, -0.2) is 17.1 Å². The Hall–Kier alpha value is -3.40. The van der Waals surface area contributed by atoms with Gasteiger partial charge >= 0.3 is 16.4 Å². The van der Waals surface area contributed by atoms with E-state index in [4.69, 9.17) is 11.6 Å². The maximum atomic E-state index is 13.3. The molecule has 3 aromatic rings. The zero-order chi connectivity index (χ0) is 29.2. The number of alkyl halides is 3. The summed E-state index contributed by atoms with van der Waals surface area (Å²) >= 11 is 5.56. The van der Waals surface area contributed by atoms with Crippen LogP contribution in [0, 0.1) is 5.82 Å². The van der Waals surface area contributed by atoms with Gasteiger partial charge in [-0.3, -0.25) is 9.52 Å². The van der Waals surface area contributed by atoms with Gasteiger partial charge in [-0.1, -0.05) is 11.6 Å². The Morgan fingerprint density at radius 1 is 0.897 bits per heavy atom. The molecule has 0 unspecified atom stereocenters. The van der Waals surface area contributed by atoms with Gasteiger partial charge in [0.1, 0.15) is 12.4 Å². The van der Waals surface area contributed by atoms with Gasteiger partial charge in [0.05, 0.1) is 21.2 Å². The highest BCUT2D eigenvalue weighted by Gasteiger charge is 2.34. The third-order valence-corrected chi connectivity index (χ3v) is 8.66. The summed E-state index contributed by atoms with van der Waals surface area (Å²) in [6, 6.07) is 11.6. The summed E-state index contributed by atoms with van der Waals surface area (Å²) in [6.45, 7) is -0.689. The highest BCUT2D eigenvalue weighted by Crippen LogP contribution is 2.36. The van der Waals surface area contributed by atoms with E-state index in [0.717, 1.165) is 45.0 Å². The zero-order valence-electron chi connectivity index (χ0n) is 20.2. The number of sulfonamides is 1. The summed E-state index contributed by atoms with van der Waals surface area (Å²) < 4.78 is 107. The second kappa shape index (κ2) is 11.4. The average molecular weight is 609 g/mol. The number of carbonyl (C=O) groups is 1. The lowest BCUT2D eigenvalue weighted by molar-refractivity contribution is -0.137. The van der Waals surface area contributed by atoms with Crippen LogP contribution in [0.3, 0.4) is 0 Å². The smallest absolute Gasteiger partial charge is 0.325 e. The largest absolute Gasteiger partial charge is 0.417 e. The zero-order valence-corrected chi connectivity index (χ0v) is 22.6. The van der Waals surface area contributed by atoms with E-state index in [9.17, 15) is 39.2 Å². The molecule has 9 nitrogen and oxygen atoms in total. The number of anilines is 3. The number of benzene rings is 3. The van der Waals surface area contributed by atoms with Crippen LogP contribution >= 0.6 is 11.6 Å². The van der Waals surface area contributed by atoms with Crippen molar-refractivity contribution >= 4 is 54.8 Å². The Labute approximate surface area is 227 Å². The Morgan fingerprint density at radius 3 is 2.00 bits per heavy atom. The molecule has 0 aromatic heterocycles. The first-order chi connectivity index (χ1) is 18.0. The summed E-state index contributed by atoms with van der Waals surface area (Å²) in [5.74, 6) is -1.40. The van der Waals surface area contributed by atoms with E-state index in [0.29, 0.717) is 6.07 Å². The number of amides is 1. The van der Waals surface area contributed by atoms with Crippen molar-refractivity contribution in [2.75, 3.05) is 35.0 Å². The maximum absolute atomic E-state index is 13.3. The molecule has 3 rings (SSSR count). The molecule has 0 atom stereocenters. The third-order valence-electron chi connectivity index (χ3n) is 5.11. The quantitative estimate of drug-likeness (QED) is 0.346. The van der Waals surface area contributed by atoms with Gasteiger partial charge in [0.15, 0.2) is 0 Å². The van der Waals surface area contributed by atoms with Gasteiger partial charge in [-0.2, -0.15) is 25.9 Å². The molecule has 2 N–H and O–H groups in total. The summed E-state index contributed by atoms with van der Waals surface area (Å²) in [4.78, 5) is 12.3. The summed E-state index contributed by atoms with van der Waals surface area (Å²) in [5, 5.41) is 1.84. The van der Waals surface area contributed by atoms with Crippen molar-refractivity contribution in [3.63, 3.8) is 0 Å². The number of nitrogens with one attached hydrogen (secondary N) is 2. The Morgan fingerprint density at radius 2 is 1.46 bits per heavy atom. The van der Waals surface area contributed by atoms with E-state index in [1.165, 1.54) is 38.4 Å². The molecule has 0 saturated heterocycles. The molecule has 39 heavy (non-hydrogen) atoms. The van der Waals surface area contributed by atoms with Crippen LogP contribution in [0.5, 0.6) is 0 Å². The first-order valence-electron chi connectivity index (χ1n) is 10.8. The number of hydrogen-bond donors (Lipinski definition) is 2. The van der Waals surface area contributed by atoms with Crippen molar-refractivity contribution in [2.24, 2.45) is 0 Å². The fraction of sp³-hybridized carbons (Fsp3) is 0.174. The topological polar surface area (TPSA) is 116 Å². The van der Waals surface area contributed by atoms with Crippen LogP contribution in [0.2, 0.25) is 5.02 Å². The Balaban J connectivity index is 1.76. The summed E-state index contributed by atoms with van der Waals surface area (Å²) in [5.41, 5.74) is -1.45. The van der Waals surface area contributed by atoms with Crippen molar-refractivity contribution in [1.29, 1.82) is 0 Å². The van der Waals surface area contributed by atoms with Crippen LogP contribution in [-0.2, 0) is 31.2 Å². The first-order valence-corrected chi connectivity index (χ1v) is 14.0. The van der Waals surface area contributed by atoms with E-state index < -0.39 is 55.3 Å². The fourth-order valence-electron chi connectivity index (χ4n) is 3.18. The van der Waals surface area contributed by atoms with Gasteiger partial charge in [0.2, 0.25) is 5.91 Å². The molecule has 1 amide bonds. The number of nitrogens with zero attached hydrogens (tertiary/aromatic N) is 2. The molecule has 0 aliphatic heterocycles. The molecule has 0 aliphatic carbocycles. The molecule has 0 fully saturated rings. The lowest BCUT2D eigenvalue weighted by Crippen LogP contribution is -2.44. The molecule has 0 radical (unpaired) electrons. The standard InChI is InChI=1S/C23H21ClF4N4O5S2/c1-31(2)39(36,37)32(18-8-3-15(25)4-9-18)14-22(33)29-16-5-10-19(11-6-16)38(34,35)30-17-7-12-21(24)20(13-17)23(26,27)28/h3-13,30H,14H2,1-2H3,(H,29,33). The first kappa shape index (κ1) is 30.1. The summed E-state index contributed by atoms with van der Waals surface area (Å²) in [6.07, 6.45) is -4.80. The lowest BCUT2D eigenvalue weighted by Gasteiger charge is -2.26. The van der Waals surface area contributed by atoms with E-state index in [1.54, 1.807) is 0 Å². The van der Waals surface area contributed by atoms with Crippen molar-refractivity contribution in [2.45, 2.75) is 11.1 Å². The van der Waals surface area contributed by atoms with E-state index in [2.05, 4.69) is 5.32 Å². The SMILES string of the molecule is CN(C)S(=O)(=O)N(CC(=O)Nc1ccc(S(=O)(=O)Nc2ccc(Cl)c(C(F)(F)F)c2)cc1)c1ccc(F)cc1. The molecule has 0 heterocycles. The van der Waals surface area contributed by atoms with E-state index in [1.807, 2.05) is 4.72 Å². The van der Waals surface area contributed by atoms with Crippen LogP contribution in [0.15, 0.2) is 71.6 Å². The minimum absolute atomic E-state index is 0.0312. The third kappa shape index (κ3) is 7.38. The van der Waals surface area contributed by atoms with Crippen molar-refractivity contribution in [1.82, 2.24) is 4.31 Å². The molecule has 3 aromatic carbocycles. The van der Waals surface area contributed by atoms with E-state index in [-0.39, 0.29) is 22.0 Å². The van der Waals surface area contributed by atoms with Gasteiger partial charge in [-0.05, 0) is 66.7 Å². The van der Waals surface area contributed by atoms with Crippen molar-refractivity contribution in [3.8, 4) is 0 Å². The van der Waals surface area contributed by atoms with Crippen molar-refractivity contribution < 1.29 is 39.2 Å². The van der Waals surface area contributed by atoms with Crippen molar-refractivity contribution in [3.05, 3.63) is 83.1 Å². The minimum atomic E-state index is -4.80. The molecular weight excluding hydrogens is 588 g/mol. The molecule has 210 valence electrons. The molecule has 0 bridgehead atoms. The number of hydrogen-bond acceptors (Lipinski definition) is 5. The second-order valence-corrected chi connectivity index (χ2v) is 12.3. The van der Waals surface area contributed by atoms with Crippen LogP contribution in [-0.4, -0.2) is 47.7 Å². The number of halogens is 5. The highest BCUT2D eigenvalue weighted by atomic mass is 35.5. The van der Waals surface area contributed by atoms with E-state index >= 15 is 0 Å². The maximum Gasteiger partial charge on any atom is 0.417 e. The predicted molar refractivity (Wildman–Crippen MR) is 139 cm³/mol. The normalized spacial score (nSPS) is 12.3. The monoisotopic (exact) mass is 608 g/mol. The van der Waals surface area contributed by atoms with Crippen LogP contribution in [0.25, 0.3) is 0 Å². The number of carbonyl (C=O) groups excluding carboxylic acids is 1. The molecule has 0 aliphatic rings. The minimum Gasteiger partial charge on any atom is -0.325 e. The van der Waals surface area contributed by atoms with Crippen LogP contribution in [0.4, 0.5) is 34.6 Å². The molecule has 0 spiro atoms. The van der Waals surface area contributed by atoms with Gasteiger partial charge in [0, 0.05) is 25.5 Å². The second-order valence-electron chi connectivity index (χ2n) is 8.14. The summed E-state index contributed by atoms with van der Waals surface area (Å²) in [7, 11) is -5.95. The van der Waals surface area contributed by atoms with Gasteiger partial charge in [0.25, 0.3) is 10.0 Å². The lowest BCUT2D eigenvalue weighted by atomic mass is 10.2. The molecule has 16 heteroatoms. The molecular formula is C23H21ClF4N4O5S2. The highest BCUT2D eigenvalue weighted by molar-refractivity contribution is 7.92. The molecule has 0 saturated carbocycles. The predicted octanol–water partition coefficient (Wildman–Crippen LogP) is 4.55. The Bertz CT molecular complexity index is 1570. The van der Waals surface area contributed by atoms with Gasteiger partial charge < -0.3 is 5.32 Å². The average Bonchev–Trinajstić information content (AvgIpc) is 2.84. The number of rotatable bonds is 9.